The van der Waals surface area contributed by atoms with Crippen molar-refractivity contribution in [3.63, 3.8) is 0 Å². The molecule has 0 spiro atoms. The second-order valence-electron chi connectivity index (χ2n) is 8.03. The van der Waals surface area contributed by atoms with Crippen molar-refractivity contribution < 1.29 is 0 Å². The number of hydrogen-bond acceptors (Lipinski definition) is 3. The summed E-state index contributed by atoms with van der Waals surface area (Å²) in [6.45, 7) is 8.57. The van der Waals surface area contributed by atoms with E-state index in [-0.39, 0.29) is 11.0 Å². The molecule has 2 N–H and O–H groups in total. The molecule has 0 amide bonds. The molecule has 26 heavy (non-hydrogen) atoms. The van der Waals surface area contributed by atoms with Gasteiger partial charge >= 0.3 is 0 Å². The smallest absolute Gasteiger partial charge is 0.255 e. The molecular formula is C20H23BrN4O. The third-order valence-corrected chi connectivity index (χ3v) is 5.65. The minimum atomic E-state index is -0.151. The largest absolute Gasteiger partial charge is 0.361 e. The second kappa shape index (κ2) is 6.35. The summed E-state index contributed by atoms with van der Waals surface area (Å²) in [5.41, 5.74) is 3.98. The molecule has 0 unspecified atom stereocenters. The van der Waals surface area contributed by atoms with Crippen molar-refractivity contribution in [2.45, 2.75) is 45.7 Å². The number of hydrogen-bond donors (Lipinski definition) is 2. The first kappa shape index (κ1) is 17.5. The molecule has 136 valence electrons. The number of aromatic amines is 2. The molecule has 3 heterocycles. The zero-order valence-corrected chi connectivity index (χ0v) is 16.9. The van der Waals surface area contributed by atoms with Crippen molar-refractivity contribution in [2.24, 2.45) is 0 Å². The molecule has 0 fully saturated rings. The lowest BCUT2D eigenvalue weighted by molar-refractivity contribution is 0.241. The number of halogens is 1. The summed E-state index contributed by atoms with van der Waals surface area (Å²) in [6, 6.07) is 6.17. The van der Waals surface area contributed by atoms with Crippen LogP contribution in [-0.2, 0) is 24.9 Å². The number of nitrogens with one attached hydrogen (secondary N) is 2. The van der Waals surface area contributed by atoms with E-state index >= 15 is 0 Å². The van der Waals surface area contributed by atoms with Crippen LogP contribution in [0.3, 0.4) is 0 Å². The maximum atomic E-state index is 12.6. The van der Waals surface area contributed by atoms with Crippen LogP contribution in [0.25, 0.3) is 10.9 Å². The fourth-order valence-corrected chi connectivity index (χ4v) is 4.17. The van der Waals surface area contributed by atoms with Gasteiger partial charge in [0.05, 0.1) is 11.3 Å². The van der Waals surface area contributed by atoms with Gasteiger partial charge in [0.15, 0.2) is 0 Å². The fourth-order valence-electron chi connectivity index (χ4n) is 3.54. The van der Waals surface area contributed by atoms with E-state index in [2.05, 4.69) is 69.9 Å². The zero-order valence-electron chi connectivity index (χ0n) is 15.3. The van der Waals surface area contributed by atoms with Crippen LogP contribution in [0.15, 0.2) is 33.7 Å². The monoisotopic (exact) mass is 414 g/mol. The number of benzene rings is 1. The van der Waals surface area contributed by atoms with Gasteiger partial charge < -0.3 is 9.97 Å². The maximum Gasteiger partial charge on any atom is 0.255 e. The highest BCUT2D eigenvalue weighted by Crippen LogP contribution is 2.29. The van der Waals surface area contributed by atoms with E-state index in [1.165, 1.54) is 10.9 Å². The molecule has 0 saturated heterocycles. The predicted octanol–water partition coefficient (Wildman–Crippen LogP) is 3.87. The van der Waals surface area contributed by atoms with Crippen LogP contribution in [0.2, 0.25) is 0 Å². The Morgan fingerprint density at radius 1 is 1.31 bits per heavy atom. The molecule has 2 aromatic heterocycles. The van der Waals surface area contributed by atoms with E-state index in [0.29, 0.717) is 6.54 Å². The van der Waals surface area contributed by atoms with Crippen LogP contribution in [-0.4, -0.2) is 26.4 Å². The zero-order chi connectivity index (χ0) is 18.5. The molecule has 1 aromatic carbocycles. The van der Waals surface area contributed by atoms with Crippen molar-refractivity contribution in [3.05, 3.63) is 61.9 Å². The van der Waals surface area contributed by atoms with Crippen LogP contribution in [0.4, 0.5) is 0 Å². The van der Waals surface area contributed by atoms with Crippen molar-refractivity contribution >= 4 is 26.8 Å². The molecule has 6 heteroatoms. The molecule has 5 nitrogen and oxygen atoms in total. The summed E-state index contributed by atoms with van der Waals surface area (Å²) in [7, 11) is 0. The third-order valence-electron chi connectivity index (χ3n) is 4.99. The molecule has 0 atom stereocenters. The Hall–Kier alpha value is -1.92. The fraction of sp³-hybridized carbons (Fsp3) is 0.400. The first-order valence-corrected chi connectivity index (χ1v) is 9.71. The van der Waals surface area contributed by atoms with Crippen LogP contribution in [0.5, 0.6) is 0 Å². The van der Waals surface area contributed by atoms with Gasteiger partial charge in [0.1, 0.15) is 5.82 Å². The Labute approximate surface area is 161 Å². The van der Waals surface area contributed by atoms with E-state index in [4.69, 9.17) is 4.98 Å². The normalized spacial score (nSPS) is 15.4. The highest BCUT2D eigenvalue weighted by Gasteiger charge is 2.25. The van der Waals surface area contributed by atoms with Gasteiger partial charge in [-0.2, -0.15) is 0 Å². The highest BCUT2D eigenvalue weighted by atomic mass is 79.9. The van der Waals surface area contributed by atoms with E-state index < -0.39 is 0 Å². The highest BCUT2D eigenvalue weighted by molar-refractivity contribution is 9.10. The molecule has 0 radical (unpaired) electrons. The minimum Gasteiger partial charge on any atom is -0.361 e. The van der Waals surface area contributed by atoms with Crippen LogP contribution < -0.4 is 5.56 Å². The quantitative estimate of drug-likeness (QED) is 0.668. The Morgan fingerprint density at radius 3 is 2.88 bits per heavy atom. The number of aromatic nitrogens is 3. The van der Waals surface area contributed by atoms with Crippen molar-refractivity contribution in [1.82, 2.24) is 19.9 Å². The molecule has 3 aromatic rings. The van der Waals surface area contributed by atoms with E-state index in [0.717, 1.165) is 46.6 Å². The summed E-state index contributed by atoms with van der Waals surface area (Å²) >= 11 is 3.65. The molecule has 4 rings (SSSR count). The number of H-pyrrole nitrogens is 2. The first-order chi connectivity index (χ1) is 12.3. The molecule has 0 bridgehead atoms. The predicted molar refractivity (Wildman–Crippen MR) is 107 cm³/mol. The van der Waals surface area contributed by atoms with E-state index in [9.17, 15) is 4.79 Å². The van der Waals surface area contributed by atoms with Crippen LogP contribution in [0.1, 0.15) is 43.4 Å². The lowest BCUT2D eigenvalue weighted by Gasteiger charge is -2.28. The van der Waals surface area contributed by atoms with Crippen molar-refractivity contribution in [1.29, 1.82) is 0 Å². The van der Waals surface area contributed by atoms with Crippen LogP contribution in [0, 0.1) is 0 Å². The third kappa shape index (κ3) is 3.12. The maximum absolute atomic E-state index is 12.6. The van der Waals surface area contributed by atoms with E-state index in [1.54, 1.807) is 0 Å². The summed E-state index contributed by atoms with van der Waals surface area (Å²) in [4.78, 5) is 26.0. The number of fused-ring (bicyclic) bond motifs is 2. The lowest BCUT2D eigenvalue weighted by Crippen LogP contribution is -2.37. The molecule has 1 aliphatic rings. The Kier molecular flexibility index (Phi) is 4.28. The van der Waals surface area contributed by atoms with Gasteiger partial charge in [0.2, 0.25) is 0 Å². The Balaban J connectivity index is 1.62. The average molecular weight is 415 g/mol. The van der Waals surface area contributed by atoms with Gasteiger partial charge in [-0.05, 0) is 17.7 Å². The first-order valence-electron chi connectivity index (χ1n) is 8.92. The van der Waals surface area contributed by atoms with Crippen LogP contribution >= 0.6 is 15.9 Å². The SMILES string of the molecule is CC(C)(C)c1nc2c(c(=O)[nH]1)CN(Cc1c[nH]c3cccc(Br)c13)CC2. The molecule has 1 aliphatic heterocycles. The van der Waals surface area contributed by atoms with Gasteiger partial charge in [0, 0.05) is 53.0 Å². The summed E-state index contributed by atoms with van der Waals surface area (Å²) in [5.74, 6) is 0.773. The Bertz CT molecular complexity index is 1030. The van der Waals surface area contributed by atoms with E-state index in [1.807, 2.05) is 6.07 Å². The topological polar surface area (TPSA) is 64.8 Å². The molecule has 0 aliphatic carbocycles. The molecule has 0 saturated carbocycles. The standard InChI is InChI=1S/C20H23BrN4O/c1-20(2,3)19-23-15-7-8-25(11-13(15)18(26)24-19)10-12-9-22-16-6-4-5-14(21)17(12)16/h4-6,9,22H,7-8,10-11H2,1-3H3,(H,23,24,26). The minimum absolute atomic E-state index is 0.00438. The number of nitrogens with zero attached hydrogens (tertiary/aromatic N) is 2. The van der Waals surface area contributed by atoms with Crippen molar-refractivity contribution in [2.75, 3.05) is 6.54 Å². The van der Waals surface area contributed by atoms with Gasteiger partial charge in [-0.25, -0.2) is 4.98 Å². The van der Waals surface area contributed by atoms with Gasteiger partial charge in [0.25, 0.3) is 5.56 Å². The second-order valence-corrected chi connectivity index (χ2v) is 8.88. The summed E-state index contributed by atoms with van der Waals surface area (Å²) in [5, 5.41) is 1.22. The lowest BCUT2D eigenvalue weighted by atomic mass is 9.95. The van der Waals surface area contributed by atoms with Gasteiger partial charge in [-0.1, -0.05) is 42.8 Å². The Morgan fingerprint density at radius 2 is 2.12 bits per heavy atom. The number of rotatable bonds is 2. The average Bonchev–Trinajstić information content (AvgIpc) is 2.99. The molecular weight excluding hydrogens is 392 g/mol. The summed E-state index contributed by atoms with van der Waals surface area (Å²) in [6.07, 6.45) is 2.88. The summed E-state index contributed by atoms with van der Waals surface area (Å²) < 4.78 is 1.10. The van der Waals surface area contributed by atoms with Gasteiger partial charge in [-0.3, -0.25) is 9.69 Å². The van der Waals surface area contributed by atoms with Gasteiger partial charge in [-0.15, -0.1) is 0 Å². The van der Waals surface area contributed by atoms with Crippen molar-refractivity contribution in [3.8, 4) is 0 Å².